The number of carbonyl (C=O) groups excluding carboxylic acids is 2. The average molecular weight is 475 g/mol. The Bertz CT molecular complexity index is 970. The molecule has 2 amide bonds. The molecule has 1 saturated carbocycles. The summed E-state index contributed by atoms with van der Waals surface area (Å²) in [6.07, 6.45) is 5.71. The molecule has 0 radical (unpaired) electrons. The first-order valence-corrected chi connectivity index (χ1v) is 12.1. The van der Waals surface area contributed by atoms with Crippen LogP contribution in [0.1, 0.15) is 61.3 Å². The van der Waals surface area contributed by atoms with E-state index in [2.05, 4.69) is 5.32 Å². The van der Waals surface area contributed by atoms with Gasteiger partial charge in [0.1, 0.15) is 6.04 Å². The third-order valence-corrected chi connectivity index (χ3v) is 6.99. The van der Waals surface area contributed by atoms with Crippen LogP contribution in [0.5, 0.6) is 0 Å². The molecule has 1 N–H and O–H groups in total. The van der Waals surface area contributed by atoms with E-state index in [-0.39, 0.29) is 30.8 Å². The van der Waals surface area contributed by atoms with Crippen molar-refractivity contribution >= 4 is 35.0 Å². The molecule has 1 fully saturated rings. The molecule has 2 aromatic rings. The molecule has 0 heterocycles. The summed E-state index contributed by atoms with van der Waals surface area (Å²) in [5.41, 5.74) is 4.03. The summed E-state index contributed by atoms with van der Waals surface area (Å²) in [5, 5.41) is 4.18. The van der Waals surface area contributed by atoms with Crippen molar-refractivity contribution in [2.75, 3.05) is 0 Å². The van der Waals surface area contributed by atoms with Crippen molar-refractivity contribution in [2.45, 2.75) is 77.9 Å². The van der Waals surface area contributed by atoms with Gasteiger partial charge < -0.3 is 10.2 Å². The third kappa shape index (κ3) is 6.49. The van der Waals surface area contributed by atoms with Gasteiger partial charge in [-0.3, -0.25) is 9.59 Å². The van der Waals surface area contributed by atoms with Gasteiger partial charge in [0.05, 0.1) is 6.42 Å². The summed E-state index contributed by atoms with van der Waals surface area (Å²) in [6.45, 7) is 6.13. The number of carbonyl (C=O) groups is 2. The first-order chi connectivity index (χ1) is 15.2. The second kappa shape index (κ2) is 11.2. The summed E-state index contributed by atoms with van der Waals surface area (Å²) >= 11 is 12.4. The lowest BCUT2D eigenvalue weighted by Crippen LogP contribution is -2.50. The quantitative estimate of drug-likeness (QED) is 0.533. The van der Waals surface area contributed by atoms with E-state index >= 15 is 0 Å². The highest BCUT2D eigenvalue weighted by Crippen LogP contribution is 2.24. The molecular weight excluding hydrogens is 443 g/mol. The zero-order valence-electron chi connectivity index (χ0n) is 19.1. The van der Waals surface area contributed by atoms with E-state index in [0.29, 0.717) is 10.0 Å². The molecule has 4 nitrogen and oxygen atoms in total. The van der Waals surface area contributed by atoms with E-state index in [4.69, 9.17) is 23.2 Å². The molecule has 0 aliphatic heterocycles. The first kappa shape index (κ1) is 24.6. The standard InChI is InChI=1S/C26H32Cl2N2O2/c1-17-9-10-20(13-18(17)2)14-25(31)30(16-21-11-12-22(27)15-24(21)28)19(3)26(32)29-23-7-5-4-6-8-23/h9-13,15,19,23H,4-8,14,16H2,1-3H3,(H,29,32)/t19-/m1/s1. The molecule has 1 aliphatic carbocycles. The molecule has 3 rings (SSSR count). The van der Waals surface area contributed by atoms with Gasteiger partial charge in [-0.25, -0.2) is 0 Å². The lowest BCUT2D eigenvalue weighted by atomic mass is 9.95. The molecular formula is C26H32Cl2N2O2. The molecule has 2 aromatic carbocycles. The monoisotopic (exact) mass is 474 g/mol. The Kier molecular flexibility index (Phi) is 8.61. The SMILES string of the molecule is Cc1ccc(CC(=O)N(Cc2ccc(Cl)cc2Cl)[C@H](C)C(=O)NC2CCCCC2)cc1C. The second-order valence-electron chi connectivity index (χ2n) is 8.87. The van der Waals surface area contributed by atoms with Gasteiger partial charge in [0, 0.05) is 22.6 Å². The van der Waals surface area contributed by atoms with E-state index in [1.807, 2.05) is 38.1 Å². The Labute approximate surface area is 201 Å². The summed E-state index contributed by atoms with van der Waals surface area (Å²) < 4.78 is 0. The van der Waals surface area contributed by atoms with Gasteiger partial charge in [0.15, 0.2) is 0 Å². The Morgan fingerprint density at radius 1 is 1.03 bits per heavy atom. The molecule has 32 heavy (non-hydrogen) atoms. The molecule has 0 unspecified atom stereocenters. The second-order valence-corrected chi connectivity index (χ2v) is 9.72. The fourth-order valence-corrected chi connectivity index (χ4v) is 4.64. The number of benzene rings is 2. The Morgan fingerprint density at radius 3 is 2.41 bits per heavy atom. The van der Waals surface area contributed by atoms with Crippen LogP contribution >= 0.6 is 23.2 Å². The van der Waals surface area contributed by atoms with Gasteiger partial charge in [0.25, 0.3) is 0 Å². The van der Waals surface area contributed by atoms with Crippen LogP contribution in [-0.2, 0) is 22.6 Å². The lowest BCUT2D eigenvalue weighted by molar-refractivity contribution is -0.140. The molecule has 172 valence electrons. The van der Waals surface area contributed by atoms with Crippen LogP contribution in [0.25, 0.3) is 0 Å². The molecule has 1 aliphatic rings. The Hall–Kier alpha value is -2.04. The van der Waals surface area contributed by atoms with E-state index in [9.17, 15) is 9.59 Å². The average Bonchev–Trinajstić information content (AvgIpc) is 2.76. The number of nitrogens with one attached hydrogen (secondary N) is 1. The number of halogens is 2. The fraction of sp³-hybridized carbons (Fsp3) is 0.462. The number of amides is 2. The minimum atomic E-state index is -0.609. The maximum Gasteiger partial charge on any atom is 0.242 e. The maximum absolute atomic E-state index is 13.4. The largest absolute Gasteiger partial charge is 0.352 e. The fourth-order valence-electron chi connectivity index (χ4n) is 4.17. The van der Waals surface area contributed by atoms with Crippen molar-refractivity contribution in [3.8, 4) is 0 Å². The van der Waals surface area contributed by atoms with E-state index in [1.165, 1.54) is 12.0 Å². The van der Waals surface area contributed by atoms with Gasteiger partial charge in [-0.1, -0.05) is 66.7 Å². The molecule has 6 heteroatoms. The van der Waals surface area contributed by atoms with Crippen molar-refractivity contribution in [1.29, 1.82) is 0 Å². The van der Waals surface area contributed by atoms with Crippen LogP contribution in [0.15, 0.2) is 36.4 Å². The molecule has 1 atom stereocenters. The predicted octanol–water partition coefficient (Wildman–Crippen LogP) is 6.02. The highest BCUT2D eigenvalue weighted by atomic mass is 35.5. The number of rotatable bonds is 7. The van der Waals surface area contributed by atoms with Crippen molar-refractivity contribution < 1.29 is 9.59 Å². The van der Waals surface area contributed by atoms with Gasteiger partial charge in [-0.05, 0) is 68.0 Å². The molecule has 0 aromatic heterocycles. The molecule has 0 bridgehead atoms. The molecule has 0 spiro atoms. The Morgan fingerprint density at radius 2 is 1.75 bits per heavy atom. The maximum atomic E-state index is 13.4. The summed E-state index contributed by atoms with van der Waals surface area (Å²) in [4.78, 5) is 28.1. The summed E-state index contributed by atoms with van der Waals surface area (Å²) in [5.74, 6) is -0.221. The number of nitrogens with zero attached hydrogens (tertiary/aromatic N) is 1. The van der Waals surface area contributed by atoms with Gasteiger partial charge in [-0.15, -0.1) is 0 Å². The van der Waals surface area contributed by atoms with Crippen molar-refractivity contribution in [3.05, 3.63) is 68.7 Å². The highest BCUT2D eigenvalue weighted by molar-refractivity contribution is 6.35. The van der Waals surface area contributed by atoms with Crippen LogP contribution in [0, 0.1) is 13.8 Å². The first-order valence-electron chi connectivity index (χ1n) is 11.3. The predicted molar refractivity (Wildman–Crippen MR) is 131 cm³/mol. The summed E-state index contributed by atoms with van der Waals surface area (Å²) in [6, 6.07) is 10.8. The minimum Gasteiger partial charge on any atom is -0.352 e. The van der Waals surface area contributed by atoms with Crippen LogP contribution in [-0.4, -0.2) is 28.8 Å². The van der Waals surface area contributed by atoms with Gasteiger partial charge >= 0.3 is 0 Å². The van der Waals surface area contributed by atoms with Crippen LogP contribution in [0.4, 0.5) is 0 Å². The van der Waals surface area contributed by atoms with E-state index < -0.39 is 6.04 Å². The minimum absolute atomic E-state index is 0.106. The number of hydrogen-bond acceptors (Lipinski definition) is 2. The lowest BCUT2D eigenvalue weighted by Gasteiger charge is -2.31. The van der Waals surface area contributed by atoms with Crippen molar-refractivity contribution in [3.63, 3.8) is 0 Å². The number of aryl methyl sites for hydroxylation is 2. The van der Waals surface area contributed by atoms with E-state index in [0.717, 1.165) is 42.4 Å². The zero-order chi connectivity index (χ0) is 23.3. The smallest absolute Gasteiger partial charge is 0.242 e. The topological polar surface area (TPSA) is 49.4 Å². The van der Waals surface area contributed by atoms with E-state index in [1.54, 1.807) is 24.0 Å². The highest BCUT2D eigenvalue weighted by Gasteiger charge is 2.28. The summed E-state index contributed by atoms with van der Waals surface area (Å²) in [7, 11) is 0. The van der Waals surface area contributed by atoms with Crippen LogP contribution in [0.3, 0.4) is 0 Å². The van der Waals surface area contributed by atoms with Crippen LogP contribution in [0.2, 0.25) is 10.0 Å². The number of hydrogen-bond donors (Lipinski definition) is 1. The molecule has 0 saturated heterocycles. The van der Waals surface area contributed by atoms with Crippen LogP contribution < -0.4 is 5.32 Å². The third-order valence-electron chi connectivity index (χ3n) is 6.40. The Balaban J connectivity index is 1.80. The van der Waals surface area contributed by atoms with Crippen molar-refractivity contribution in [1.82, 2.24) is 10.2 Å². The van der Waals surface area contributed by atoms with Gasteiger partial charge in [0.2, 0.25) is 11.8 Å². The van der Waals surface area contributed by atoms with Gasteiger partial charge in [-0.2, -0.15) is 0 Å². The normalized spacial score (nSPS) is 15.3. The van der Waals surface area contributed by atoms with Crippen molar-refractivity contribution in [2.24, 2.45) is 0 Å². The zero-order valence-corrected chi connectivity index (χ0v) is 20.6.